The van der Waals surface area contributed by atoms with Crippen LogP contribution in [0.3, 0.4) is 0 Å². The van der Waals surface area contributed by atoms with Crippen molar-refractivity contribution >= 4 is 23.5 Å². The van der Waals surface area contributed by atoms with Gasteiger partial charge in [0, 0.05) is 30.6 Å². The fourth-order valence-electron chi connectivity index (χ4n) is 2.53. The summed E-state index contributed by atoms with van der Waals surface area (Å²) in [6.07, 6.45) is 1.30. The van der Waals surface area contributed by atoms with Crippen LogP contribution in [0, 0.1) is 18.6 Å². The molecule has 0 atom stereocenters. The quantitative estimate of drug-likeness (QED) is 0.540. The molecular weight excluding hydrogens is 422 g/mol. The Kier molecular flexibility index (Phi) is 6.21. The Morgan fingerprint density at radius 1 is 1.17 bits per heavy atom. The standard InChI is InChI=1S/C18H15ClF2N6O3/c1-8(28)25-26-18(29)23-7-15-13(20)3-10(6-22-15)12-4-11(19)5-14(21)16(12)17-24-9(2)30-27-17/h3-6H,7H2,1-2H3,(H,25,28)(H2,23,26,29). The first-order chi connectivity index (χ1) is 14.2. The zero-order chi connectivity index (χ0) is 21.8. The van der Waals surface area contributed by atoms with Crippen molar-refractivity contribution < 1.29 is 22.9 Å². The lowest BCUT2D eigenvalue weighted by Gasteiger charge is -2.11. The number of rotatable bonds is 4. The second-order valence-electron chi connectivity index (χ2n) is 6.09. The van der Waals surface area contributed by atoms with Crippen molar-refractivity contribution in [3.8, 4) is 22.5 Å². The van der Waals surface area contributed by atoms with E-state index in [1.165, 1.54) is 19.2 Å². The fourth-order valence-corrected chi connectivity index (χ4v) is 2.73. The summed E-state index contributed by atoms with van der Waals surface area (Å²) in [5.74, 6) is -1.71. The van der Waals surface area contributed by atoms with E-state index in [0.717, 1.165) is 12.1 Å². The van der Waals surface area contributed by atoms with Crippen molar-refractivity contribution in [2.24, 2.45) is 0 Å². The highest BCUT2D eigenvalue weighted by atomic mass is 35.5. The lowest BCUT2D eigenvalue weighted by Crippen LogP contribution is -2.45. The molecule has 0 radical (unpaired) electrons. The number of hydrazine groups is 1. The number of halogens is 3. The van der Waals surface area contributed by atoms with Gasteiger partial charge in [0.15, 0.2) is 0 Å². The highest BCUT2D eigenvalue weighted by Gasteiger charge is 2.20. The minimum absolute atomic E-state index is 0.0157. The third-order valence-corrected chi connectivity index (χ3v) is 4.02. The second-order valence-corrected chi connectivity index (χ2v) is 6.52. The first kappa shape index (κ1) is 21.1. The monoisotopic (exact) mass is 436 g/mol. The minimum Gasteiger partial charge on any atom is -0.339 e. The molecule has 3 amide bonds. The summed E-state index contributed by atoms with van der Waals surface area (Å²) in [7, 11) is 0. The number of carbonyl (C=O) groups is 2. The van der Waals surface area contributed by atoms with Crippen LogP contribution in [0.25, 0.3) is 22.5 Å². The van der Waals surface area contributed by atoms with E-state index in [-0.39, 0.29) is 45.7 Å². The molecule has 0 unspecified atom stereocenters. The average molecular weight is 437 g/mol. The lowest BCUT2D eigenvalue weighted by atomic mass is 9.99. The zero-order valence-electron chi connectivity index (χ0n) is 15.7. The van der Waals surface area contributed by atoms with E-state index in [9.17, 15) is 18.4 Å². The lowest BCUT2D eigenvalue weighted by molar-refractivity contribution is -0.119. The summed E-state index contributed by atoms with van der Waals surface area (Å²) in [6, 6.07) is 2.89. The highest BCUT2D eigenvalue weighted by Crippen LogP contribution is 2.35. The predicted octanol–water partition coefficient (Wildman–Crippen LogP) is 2.89. The van der Waals surface area contributed by atoms with Crippen LogP contribution >= 0.6 is 11.6 Å². The first-order valence-electron chi connectivity index (χ1n) is 8.49. The van der Waals surface area contributed by atoms with Gasteiger partial charge in [-0.15, -0.1) is 0 Å². The molecule has 3 aromatic rings. The normalized spacial score (nSPS) is 10.6. The van der Waals surface area contributed by atoms with Crippen molar-refractivity contribution in [1.29, 1.82) is 0 Å². The maximum absolute atomic E-state index is 14.6. The van der Waals surface area contributed by atoms with Gasteiger partial charge in [-0.1, -0.05) is 16.8 Å². The van der Waals surface area contributed by atoms with Gasteiger partial charge in [0.05, 0.1) is 17.8 Å². The van der Waals surface area contributed by atoms with Gasteiger partial charge in [0.2, 0.25) is 17.6 Å². The van der Waals surface area contributed by atoms with E-state index < -0.39 is 23.6 Å². The van der Waals surface area contributed by atoms with Crippen LogP contribution in [0.2, 0.25) is 5.02 Å². The molecular formula is C18H15ClF2N6O3. The Hall–Kier alpha value is -3.60. The molecule has 0 saturated carbocycles. The fraction of sp³-hybridized carbons (Fsp3) is 0.167. The molecule has 12 heteroatoms. The molecule has 30 heavy (non-hydrogen) atoms. The SMILES string of the molecule is CC(=O)NNC(=O)NCc1ncc(-c2cc(Cl)cc(F)c2-c2noc(C)n2)cc1F. The number of aromatic nitrogens is 3. The molecule has 3 N–H and O–H groups in total. The van der Waals surface area contributed by atoms with Gasteiger partial charge >= 0.3 is 6.03 Å². The highest BCUT2D eigenvalue weighted by molar-refractivity contribution is 6.31. The first-order valence-corrected chi connectivity index (χ1v) is 8.87. The summed E-state index contributed by atoms with van der Waals surface area (Å²) in [5, 5.41) is 6.14. The molecule has 0 saturated heterocycles. The number of nitrogens with one attached hydrogen (secondary N) is 3. The minimum atomic E-state index is -0.748. The van der Waals surface area contributed by atoms with Gasteiger partial charge in [-0.05, 0) is 23.8 Å². The van der Waals surface area contributed by atoms with Gasteiger partial charge in [-0.2, -0.15) is 4.98 Å². The average Bonchev–Trinajstić information content (AvgIpc) is 3.10. The van der Waals surface area contributed by atoms with Gasteiger partial charge < -0.3 is 9.84 Å². The summed E-state index contributed by atoms with van der Waals surface area (Å²) in [5.41, 5.74) is 4.50. The van der Waals surface area contributed by atoms with Crippen LogP contribution in [-0.4, -0.2) is 27.1 Å². The van der Waals surface area contributed by atoms with Crippen LogP contribution in [0.15, 0.2) is 28.9 Å². The molecule has 2 aromatic heterocycles. The van der Waals surface area contributed by atoms with E-state index in [4.69, 9.17) is 16.1 Å². The predicted molar refractivity (Wildman–Crippen MR) is 102 cm³/mol. The number of benzene rings is 1. The van der Waals surface area contributed by atoms with Crippen LogP contribution in [0.4, 0.5) is 13.6 Å². The van der Waals surface area contributed by atoms with Gasteiger partial charge in [0.1, 0.15) is 11.6 Å². The number of nitrogens with zero attached hydrogens (tertiary/aromatic N) is 3. The van der Waals surface area contributed by atoms with Crippen LogP contribution < -0.4 is 16.2 Å². The number of hydrogen-bond donors (Lipinski definition) is 3. The number of urea groups is 1. The van der Waals surface area contributed by atoms with Gasteiger partial charge in [0.25, 0.3) is 0 Å². The largest absolute Gasteiger partial charge is 0.339 e. The van der Waals surface area contributed by atoms with Crippen molar-refractivity contribution in [2.75, 3.05) is 0 Å². The number of carbonyl (C=O) groups excluding carboxylic acids is 2. The van der Waals surface area contributed by atoms with Crippen molar-refractivity contribution in [2.45, 2.75) is 20.4 Å². The second kappa shape index (κ2) is 8.82. The summed E-state index contributed by atoms with van der Waals surface area (Å²) in [6.45, 7) is 2.51. The number of amides is 3. The van der Waals surface area contributed by atoms with Crippen molar-refractivity contribution in [1.82, 2.24) is 31.3 Å². The Bertz CT molecular complexity index is 1120. The zero-order valence-corrected chi connectivity index (χ0v) is 16.5. The topological polar surface area (TPSA) is 122 Å². The number of pyridine rings is 1. The third-order valence-electron chi connectivity index (χ3n) is 3.80. The van der Waals surface area contributed by atoms with E-state index in [0.29, 0.717) is 0 Å². The van der Waals surface area contributed by atoms with Crippen molar-refractivity contribution in [3.05, 3.63) is 52.6 Å². The van der Waals surface area contributed by atoms with E-state index in [1.54, 1.807) is 6.92 Å². The summed E-state index contributed by atoms with van der Waals surface area (Å²) < 4.78 is 34.1. The molecule has 1 aromatic carbocycles. The molecule has 0 bridgehead atoms. The molecule has 0 fully saturated rings. The van der Waals surface area contributed by atoms with E-state index in [2.05, 4.69) is 31.3 Å². The molecule has 9 nitrogen and oxygen atoms in total. The maximum Gasteiger partial charge on any atom is 0.333 e. The molecule has 3 rings (SSSR count). The third kappa shape index (κ3) is 4.87. The van der Waals surface area contributed by atoms with Crippen LogP contribution in [-0.2, 0) is 11.3 Å². The molecule has 0 aliphatic heterocycles. The van der Waals surface area contributed by atoms with Gasteiger partial charge in [-0.25, -0.2) is 19.0 Å². The molecule has 0 aliphatic carbocycles. The Morgan fingerprint density at radius 3 is 2.57 bits per heavy atom. The Morgan fingerprint density at radius 2 is 1.93 bits per heavy atom. The van der Waals surface area contributed by atoms with Crippen molar-refractivity contribution in [3.63, 3.8) is 0 Å². The van der Waals surface area contributed by atoms with Crippen LogP contribution in [0.5, 0.6) is 0 Å². The smallest absolute Gasteiger partial charge is 0.333 e. The molecule has 0 spiro atoms. The van der Waals surface area contributed by atoms with Crippen LogP contribution in [0.1, 0.15) is 18.5 Å². The Labute approximate surface area is 173 Å². The van der Waals surface area contributed by atoms with Gasteiger partial charge in [-0.3, -0.25) is 15.2 Å². The summed E-state index contributed by atoms with van der Waals surface area (Å²) in [4.78, 5) is 30.3. The summed E-state index contributed by atoms with van der Waals surface area (Å²) >= 11 is 5.97. The number of aryl methyl sites for hydroxylation is 1. The van der Waals surface area contributed by atoms with E-state index in [1.807, 2.05) is 0 Å². The molecule has 156 valence electrons. The maximum atomic E-state index is 14.6. The Balaban J connectivity index is 1.88. The molecule has 2 heterocycles. The molecule has 0 aliphatic rings. The number of hydrogen-bond acceptors (Lipinski definition) is 6. The van der Waals surface area contributed by atoms with E-state index >= 15 is 0 Å².